The lowest BCUT2D eigenvalue weighted by molar-refractivity contribution is 0.417. The Balaban J connectivity index is 2.85. The van der Waals surface area contributed by atoms with Crippen LogP contribution in [-0.2, 0) is 5.41 Å². The quantitative estimate of drug-likeness (QED) is 0.700. The first kappa shape index (κ1) is 12.0. The van der Waals surface area contributed by atoms with Gasteiger partial charge in [0.25, 0.3) is 0 Å². The molecule has 2 aromatic carbocycles. The van der Waals surface area contributed by atoms with E-state index in [1.54, 1.807) is 7.11 Å². The van der Waals surface area contributed by atoms with E-state index in [4.69, 9.17) is 4.74 Å². The largest absolute Gasteiger partial charge is 0.496 e. The molecule has 0 radical (unpaired) electrons. The second-order valence-corrected chi connectivity index (χ2v) is 5.55. The number of benzene rings is 2. The number of fused-ring (bicyclic) bond motifs is 1. The molecule has 2 aromatic rings. The Morgan fingerprint density at radius 2 is 1.59 bits per heavy atom. The van der Waals surface area contributed by atoms with Gasteiger partial charge in [0.2, 0.25) is 0 Å². The molecule has 1 nitrogen and oxygen atoms in total. The molecule has 0 saturated heterocycles. The topological polar surface area (TPSA) is 9.23 Å². The summed E-state index contributed by atoms with van der Waals surface area (Å²) in [5, 5.41) is 2.48. The average molecular weight is 228 g/mol. The minimum Gasteiger partial charge on any atom is -0.496 e. The summed E-state index contributed by atoms with van der Waals surface area (Å²) in [6, 6.07) is 10.6. The molecule has 0 unspecified atom stereocenters. The van der Waals surface area contributed by atoms with Crippen LogP contribution in [0.4, 0.5) is 0 Å². The van der Waals surface area contributed by atoms with Crippen LogP contribution < -0.4 is 4.74 Å². The zero-order valence-corrected chi connectivity index (χ0v) is 11.3. The van der Waals surface area contributed by atoms with E-state index in [0.717, 1.165) is 5.75 Å². The number of methoxy groups -OCH3 is 1. The molecule has 0 saturated carbocycles. The van der Waals surface area contributed by atoms with Crippen LogP contribution in [0.2, 0.25) is 0 Å². The van der Waals surface area contributed by atoms with Gasteiger partial charge < -0.3 is 4.74 Å². The number of rotatable bonds is 1. The van der Waals surface area contributed by atoms with Crippen LogP contribution in [0.25, 0.3) is 10.8 Å². The maximum Gasteiger partial charge on any atom is 0.126 e. The molecule has 0 N–H and O–H groups in total. The summed E-state index contributed by atoms with van der Waals surface area (Å²) in [5.74, 6) is 0.969. The van der Waals surface area contributed by atoms with Crippen molar-refractivity contribution in [2.24, 2.45) is 0 Å². The standard InChI is InChI=1S/C16H20O/c1-11-12-8-6-7-9-13(12)15(17-5)10-14(11)16(2,3)4/h6-10H,1-5H3. The van der Waals surface area contributed by atoms with E-state index in [1.807, 2.05) is 0 Å². The molecule has 17 heavy (non-hydrogen) atoms. The maximum atomic E-state index is 5.52. The summed E-state index contributed by atoms with van der Waals surface area (Å²) in [6.45, 7) is 8.92. The van der Waals surface area contributed by atoms with Gasteiger partial charge in [-0.25, -0.2) is 0 Å². The molecule has 0 spiro atoms. The fraction of sp³-hybridized carbons (Fsp3) is 0.375. The van der Waals surface area contributed by atoms with Gasteiger partial charge in [-0.15, -0.1) is 0 Å². The van der Waals surface area contributed by atoms with Crippen molar-refractivity contribution >= 4 is 10.8 Å². The third kappa shape index (κ3) is 2.02. The van der Waals surface area contributed by atoms with Crippen molar-refractivity contribution in [2.75, 3.05) is 7.11 Å². The molecule has 0 fully saturated rings. The van der Waals surface area contributed by atoms with E-state index in [2.05, 4.69) is 58.0 Å². The van der Waals surface area contributed by atoms with E-state index in [0.29, 0.717) is 0 Å². The third-order valence-electron chi connectivity index (χ3n) is 3.30. The van der Waals surface area contributed by atoms with Crippen LogP contribution in [-0.4, -0.2) is 7.11 Å². The maximum absolute atomic E-state index is 5.52. The van der Waals surface area contributed by atoms with E-state index in [-0.39, 0.29) is 5.41 Å². The van der Waals surface area contributed by atoms with Crippen molar-refractivity contribution in [3.8, 4) is 5.75 Å². The van der Waals surface area contributed by atoms with Crippen LogP contribution in [0.5, 0.6) is 5.75 Å². The molecule has 0 aliphatic heterocycles. The summed E-state index contributed by atoms with van der Waals surface area (Å²) in [7, 11) is 1.74. The number of ether oxygens (including phenoxy) is 1. The molecular formula is C16H20O. The third-order valence-corrected chi connectivity index (χ3v) is 3.30. The monoisotopic (exact) mass is 228 g/mol. The Morgan fingerprint density at radius 1 is 1.00 bits per heavy atom. The van der Waals surface area contributed by atoms with Gasteiger partial charge in [0.15, 0.2) is 0 Å². The molecule has 0 heterocycles. The summed E-state index contributed by atoms with van der Waals surface area (Å²) in [4.78, 5) is 0. The first-order valence-electron chi connectivity index (χ1n) is 6.02. The first-order chi connectivity index (χ1) is 7.95. The Morgan fingerprint density at radius 3 is 2.12 bits per heavy atom. The van der Waals surface area contributed by atoms with Crippen molar-refractivity contribution in [1.29, 1.82) is 0 Å². The zero-order chi connectivity index (χ0) is 12.6. The highest BCUT2D eigenvalue weighted by atomic mass is 16.5. The molecule has 0 atom stereocenters. The molecule has 0 aliphatic carbocycles. The molecule has 90 valence electrons. The number of hydrogen-bond donors (Lipinski definition) is 0. The van der Waals surface area contributed by atoms with E-state index >= 15 is 0 Å². The van der Waals surface area contributed by atoms with Crippen molar-refractivity contribution < 1.29 is 4.74 Å². The molecule has 0 aromatic heterocycles. The smallest absolute Gasteiger partial charge is 0.126 e. The molecule has 0 aliphatic rings. The highest BCUT2D eigenvalue weighted by molar-refractivity contribution is 5.92. The van der Waals surface area contributed by atoms with Crippen LogP contribution in [0.15, 0.2) is 30.3 Å². The summed E-state index contributed by atoms with van der Waals surface area (Å²) >= 11 is 0. The number of hydrogen-bond acceptors (Lipinski definition) is 1. The zero-order valence-electron chi connectivity index (χ0n) is 11.3. The minimum absolute atomic E-state index is 0.140. The fourth-order valence-corrected chi connectivity index (χ4v) is 2.44. The number of aryl methyl sites for hydroxylation is 1. The minimum atomic E-state index is 0.140. The van der Waals surface area contributed by atoms with E-state index in [1.165, 1.54) is 21.9 Å². The van der Waals surface area contributed by atoms with Crippen molar-refractivity contribution in [1.82, 2.24) is 0 Å². The Hall–Kier alpha value is -1.50. The second-order valence-electron chi connectivity index (χ2n) is 5.55. The first-order valence-corrected chi connectivity index (χ1v) is 6.02. The SMILES string of the molecule is COc1cc(C(C)(C)C)c(C)c2ccccc12. The van der Waals surface area contributed by atoms with Gasteiger partial charge in [-0.2, -0.15) is 0 Å². The van der Waals surface area contributed by atoms with Gasteiger partial charge in [-0.05, 0) is 34.9 Å². The highest BCUT2D eigenvalue weighted by Gasteiger charge is 2.19. The average Bonchev–Trinajstić information content (AvgIpc) is 2.28. The van der Waals surface area contributed by atoms with Crippen LogP contribution in [0.3, 0.4) is 0 Å². The summed E-state index contributed by atoms with van der Waals surface area (Å²) in [5.41, 5.74) is 2.85. The van der Waals surface area contributed by atoms with Gasteiger partial charge in [-0.1, -0.05) is 45.0 Å². The molecule has 0 amide bonds. The molecule has 0 bridgehead atoms. The van der Waals surface area contributed by atoms with E-state index in [9.17, 15) is 0 Å². The lowest BCUT2D eigenvalue weighted by Crippen LogP contribution is -2.13. The predicted molar refractivity (Wildman–Crippen MR) is 73.9 cm³/mol. The fourth-order valence-electron chi connectivity index (χ4n) is 2.44. The normalized spacial score (nSPS) is 11.8. The molecular weight excluding hydrogens is 208 g/mol. The lowest BCUT2D eigenvalue weighted by Gasteiger charge is -2.24. The summed E-state index contributed by atoms with van der Waals surface area (Å²) in [6.07, 6.45) is 0. The van der Waals surface area contributed by atoms with Crippen molar-refractivity contribution in [3.05, 3.63) is 41.5 Å². The lowest BCUT2D eigenvalue weighted by atomic mass is 9.82. The van der Waals surface area contributed by atoms with E-state index < -0.39 is 0 Å². The van der Waals surface area contributed by atoms with Gasteiger partial charge in [-0.3, -0.25) is 0 Å². The Bertz CT molecular complexity index is 547. The Kier molecular flexibility index (Phi) is 2.86. The highest BCUT2D eigenvalue weighted by Crippen LogP contribution is 2.36. The predicted octanol–water partition coefficient (Wildman–Crippen LogP) is 4.45. The van der Waals surface area contributed by atoms with Crippen LogP contribution >= 0.6 is 0 Å². The Labute approximate surface area is 103 Å². The molecule has 2 rings (SSSR count). The van der Waals surface area contributed by atoms with Gasteiger partial charge in [0.1, 0.15) is 5.75 Å². The van der Waals surface area contributed by atoms with Gasteiger partial charge in [0, 0.05) is 5.39 Å². The molecule has 1 heteroatoms. The van der Waals surface area contributed by atoms with Gasteiger partial charge >= 0.3 is 0 Å². The second kappa shape index (κ2) is 4.06. The van der Waals surface area contributed by atoms with Crippen LogP contribution in [0.1, 0.15) is 31.9 Å². The van der Waals surface area contributed by atoms with Gasteiger partial charge in [0.05, 0.1) is 7.11 Å². The van der Waals surface area contributed by atoms with Crippen molar-refractivity contribution in [3.63, 3.8) is 0 Å². The van der Waals surface area contributed by atoms with Crippen LogP contribution in [0, 0.1) is 6.92 Å². The summed E-state index contributed by atoms with van der Waals surface area (Å²) < 4.78 is 5.52. The van der Waals surface area contributed by atoms with Crippen molar-refractivity contribution in [2.45, 2.75) is 33.1 Å².